The first-order valence-electron chi connectivity index (χ1n) is 11.1. The number of carbonyl (C=O) groups is 2. The van der Waals surface area contributed by atoms with Crippen LogP contribution in [0.3, 0.4) is 0 Å². The zero-order valence-electron chi connectivity index (χ0n) is 19.4. The number of likely N-dealkylation sites (tertiary alicyclic amines) is 1. The van der Waals surface area contributed by atoms with Gasteiger partial charge in [-0.2, -0.15) is 0 Å². The van der Waals surface area contributed by atoms with Crippen LogP contribution in [0.15, 0.2) is 29.2 Å². The first-order valence-corrected chi connectivity index (χ1v) is 12.6. The van der Waals surface area contributed by atoms with E-state index < -0.39 is 21.7 Å². The van der Waals surface area contributed by atoms with Gasteiger partial charge in [0.1, 0.15) is 5.60 Å². The fraction of sp³-hybridized carbons (Fsp3) is 0.636. The average molecular weight is 469 g/mol. The molecule has 1 saturated heterocycles. The maximum atomic E-state index is 12.8. The second-order valence-electron chi connectivity index (χ2n) is 8.89. The molecule has 1 heterocycles. The van der Waals surface area contributed by atoms with Gasteiger partial charge in [0.2, 0.25) is 15.9 Å². The smallest absolute Gasteiger partial charge is 0.407 e. The van der Waals surface area contributed by atoms with E-state index >= 15 is 0 Å². The number of nitrogens with zero attached hydrogens (tertiary/aromatic N) is 1. The quantitative estimate of drug-likeness (QED) is 0.480. The summed E-state index contributed by atoms with van der Waals surface area (Å²) in [6.07, 6.45) is 3.27. The SMILES string of the molecule is CCCN1CCCCC1C(=O)Nc1cccc(S(=O)(=O)NCCNC(=O)OC(C)(C)C)c1. The van der Waals surface area contributed by atoms with E-state index in [4.69, 9.17) is 4.74 Å². The second kappa shape index (κ2) is 11.6. The monoisotopic (exact) mass is 468 g/mol. The van der Waals surface area contributed by atoms with Crippen molar-refractivity contribution in [2.75, 3.05) is 31.5 Å². The van der Waals surface area contributed by atoms with Crippen LogP contribution in [-0.2, 0) is 19.6 Å². The maximum Gasteiger partial charge on any atom is 0.407 e. The molecule has 10 heteroatoms. The van der Waals surface area contributed by atoms with Gasteiger partial charge in [-0.25, -0.2) is 17.9 Å². The number of piperidine rings is 1. The van der Waals surface area contributed by atoms with Crippen LogP contribution in [0.1, 0.15) is 53.4 Å². The number of carbonyl (C=O) groups excluding carboxylic acids is 2. The summed E-state index contributed by atoms with van der Waals surface area (Å²) in [6.45, 7) is 9.19. The van der Waals surface area contributed by atoms with Gasteiger partial charge in [-0.05, 0) is 71.3 Å². The molecule has 1 unspecified atom stereocenters. The number of amides is 2. The van der Waals surface area contributed by atoms with Crippen LogP contribution in [-0.4, -0.2) is 63.1 Å². The third-order valence-electron chi connectivity index (χ3n) is 4.92. The fourth-order valence-electron chi connectivity index (χ4n) is 3.56. The van der Waals surface area contributed by atoms with Crippen LogP contribution >= 0.6 is 0 Å². The van der Waals surface area contributed by atoms with Crippen molar-refractivity contribution in [2.24, 2.45) is 0 Å². The Labute approximate surface area is 191 Å². The number of nitrogens with one attached hydrogen (secondary N) is 3. The van der Waals surface area contributed by atoms with Crippen LogP contribution in [0.2, 0.25) is 0 Å². The first kappa shape index (κ1) is 26.1. The minimum absolute atomic E-state index is 0.00617. The summed E-state index contributed by atoms with van der Waals surface area (Å²) in [7, 11) is -3.80. The molecule has 2 rings (SSSR count). The molecule has 180 valence electrons. The summed E-state index contributed by atoms with van der Waals surface area (Å²) in [4.78, 5) is 26.7. The zero-order chi connectivity index (χ0) is 23.8. The minimum Gasteiger partial charge on any atom is -0.444 e. The summed E-state index contributed by atoms with van der Waals surface area (Å²) in [6, 6.07) is 5.97. The number of hydrogen-bond acceptors (Lipinski definition) is 6. The average Bonchev–Trinajstić information content (AvgIpc) is 2.71. The lowest BCUT2D eigenvalue weighted by atomic mass is 10.0. The van der Waals surface area contributed by atoms with Gasteiger partial charge in [-0.3, -0.25) is 9.69 Å². The standard InChI is InChI=1S/C22H36N4O5S/c1-5-14-26-15-7-6-11-19(26)20(27)25-17-9-8-10-18(16-17)32(29,30)24-13-12-23-21(28)31-22(2,3)4/h8-10,16,19,24H,5-7,11-15H2,1-4H3,(H,23,28)(H,25,27). The first-order chi connectivity index (χ1) is 15.0. The van der Waals surface area contributed by atoms with Gasteiger partial charge in [-0.1, -0.05) is 19.4 Å². The van der Waals surface area contributed by atoms with Crippen molar-refractivity contribution >= 4 is 27.7 Å². The van der Waals surface area contributed by atoms with Crippen molar-refractivity contribution in [3.8, 4) is 0 Å². The van der Waals surface area contributed by atoms with E-state index in [0.29, 0.717) is 5.69 Å². The molecular weight excluding hydrogens is 432 g/mol. The van der Waals surface area contributed by atoms with Crippen molar-refractivity contribution in [3.63, 3.8) is 0 Å². The van der Waals surface area contributed by atoms with E-state index in [1.165, 1.54) is 12.1 Å². The fourth-order valence-corrected chi connectivity index (χ4v) is 4.63. The Kier molecular flexibility index (Phi) is 9.47. The van der Waals surface area contributed by atoms with Gasteiger partial charge in [0.05, 0.1) is 10.9 Å². The molecule has 1 aromatic carbocycles. The van der Waals surface area contributed by atoms with Crippen LogP contribution in [0, 0.1) is 0 Å². The Bertz CT molecular complexity index is 881. The molecule has 1 fully saturated rings. The van der Waals surface area contributed by atoms with Crippen LogP contribution in [0.5, 0.6) is 0 Å². The van der Waals surface area contributed by atoms with Crippen molar-refractivity contribution in [2.45, 2.75) is 69.9 Å². The predicted octanol–water partition coefficient (Wildman–Crippen LogP) is 2.69. The highest BCUT2D eigenvalue weighted by atomic mass is 32.2. The summed E-state index contributed by atoms with van der Waals surface area (Å²) < 4.78 is 32.8. The number of sulfonamides is 1. The lowest BCUT2D eigenvalue weighted by molar-refractivity contribution is -0.122. The molecule has 0 spiro atoms. The molecule has 0 bridgehead atoms. The van der Waals surface area contributed by atoms with Crippen molar-refractivity contribution in [1.29, 1.82) is 0 Å². The van der Waals surface area contributed by atoms with Crippen molar-refractivity contribution in [3.05, 3.63) is 24.3 Å². The molecule has 1 aromatic rings. The molecule has 0 aliphatic carbocycles. The van der Waals surface area contributed by atoms with Crippen LogP contribution in [0.4, 0.5) is 10.5 Å². The summed E-state index contributed by atoms with van der Waals surface area (Å²) in [5.41, 5.74) is -0.189. The third-order valence-corrected chi connectivity index (χ3v) is 6.38. The third kappa shape index (κ3) is 8.40. The van der Waals surface area contributed by atoms with E-state index in [0.717, 1.165) is 38.8 Å². The molecule has 2 amide bonds. The molecule has 0 saturated carbocycles. The van der Waals surface area contributed by atoms with Crippen LogP contribution in [0.25, 0.3) is 0 Å². The van der Waals surface area contributed by atoms with Gasteiger partial charge in [-0.15, -0.1) is 0 Å². The topological polar surface area (TPSA) is 117 Å². The molecule has 1 atom stereocenters. The van der Waals surface area contributed by atoms with E-state index in [-0.39, 0.29) is 29.9 Å². The summed E-state index contributed by atoms with van der Waals surface area (Å²) >= 11 is 0. The highest BCUT2D eigenvalue weighted by Gasteiger charge is 2.28. The number of hydrogen-bond donors (Lipinski definition) is 3. The van der Waals surface area contributed by atoms with Gasteiger partial charge in [0.25, 0.3) is 0 Å². The van der Waals surface area contributed by atoms with E-state index in [1.54, 1.807) is 32.9 Å². The lowest BCUT2D eigenvalue weighted by Gasteiger charge is -2.34. The Balaban J connectivity index is 1.93. The van der Waals surface area contributed by atoms with E-state index in [1.807, 2.05) is 0 Å². The molecule has 1 aliphatic heterocycles. The summed E-state index contributed by atoms with van der Waals surface area (Å²) in [5.74, 6) is -0.109. The van der Waals surface area contributed by atoms with Gasteiger partial charge in [0.15, 0.2) is 0 Å². The Morgan fingerprint density at radius 3 is 2.62 bits per heavy atom. The number of alkyl carbamates (subject to hydrolysis) is 1. The minimum atomic E-state index is -3.80. The number of anilines is 1. The maximum absolute atomic E-state index is 12.8. The molecule has 3 N–H and O–H groups in total. The van der Waals surface area contributed by atoms with Gasteiger partial charge < -0.3 is 15.4 Å². The molecule has 1 aliphatic rings. The Morgan fingerprint density at radius 2 is 1.94 bits per heavy atom. The normalized spacial score (nSPS) is 17.6. The van der Waals surface area contributed by atoms with Crippen molar-refractivity contribution < 1.29 is 22.7 Å². The Morgan fingerprint density at radius 1 is 1.19 bits per heavy atom. The highest BCUT2D eigenvalue weighted by molar-refractivity contribution is 7.89. The van der Waals surface area contributed by atoms with E-state index in [2.05, 4.69) is 27.2 Å². The molecule has 0 aromatic heterocycles. The second-order valence-corrected chi connectivity index (χ2v) is 10.7. The molecule has 0 radical (unpaired) electrons. The number of ether oxygens (including phenoxy) is 1. The van der Waals surface area contributed by atoms with Gasteiger partial charge in [0, 0.05) is 18.8 Å². The zero-order valence-corrected chi connectivity index (χ0v) is 20.3. The Hall–Kier alpha value is -2.17. The number of rotatable bonds is 9. The molecule has 9 nitrogen and oxygen atoms in total. The van der Waals surface area contributed by atoms with E-state index in [9.17, 15) is 18.0 Å². The molecular formula is C22H36N4O5S. The highest BCUT2D eigenvalue weighted by Crippen LogP contribution is 2.20. The summed E-state index contributed by atoms with van der Waals surface area (Å²) in [5, 5.41) is 5.37. The lowest BCUT2D eigenvalue weighted by Crippen LogP contribution is -2.47. The molecule has 32 heavy (non-hydrogen) atoms. The van der Waals surface area contributed by atoms with Crippen molar-refractivity contribution in [1.82, 2.24) is 14.9 Å². The predicted molar refractivity (Wildman–Crippen MR) is 124 cm³/mol. The van der Waals surface area contributed by atoms with Gasteiger partial charge >= 0.3 is 6.09 Å². The largest absolute Gasteiger partial charge is 0.444 e. The number of benzene rings is 1. The van der Waals surface area contributed by atoms with Crippen LogP contribution < -0.4 is 15.4 Å².